The van der Waals surface area contributed by atoms with E-state index < -0.39 is 54.3 Å². The van der Waals surface area contributed by atoms with Crippen molar-refractivity contribution in [1.82, 2.24) is 0 Å². The summed E-state index contributed by atoms with van der Waals surface area (Å²) in [5.41, 5.74) is 2.84. The summed E-state index contributed by atoms with van der Waals surface area (Å²) >= 11 is 0. The molecule has 14 heteroatoms. The van der Waals surface area contributed by atoms with Gasteiger partial charge in [0, 0.05) is 51.6 Å². The summed E-state index contributed by atoms with van der Waals surface area (Å²) in [5, 5.41) is 0. The van der Waals surface area contributed by atoms with E-state index in [-0.39, 0.29) is 105 Å². The topological polar surface area (TPSA) is 153 Å². The number of hydrogen-bond donors (Lipinski definition) is 0. The number of Topliss-reactive ketones (excluding diaryl/α,β-unsaturated/α-hetero) is 1. The van der Waals surface area contributed by atoms with Crippen molar-refractivity contribution in [3.05, 3.63) is 96.1 Å². The summed E-state index contributed by atoms with van der Waals surface area (Å²) in [6, 6.07) is 17.4. The van der Waals surface area contributed by atoms with E-state index in [0.29, 0.717) is 36.8 Å². The molecule has 8 unspecified atom stereocenters. The van der Waals surface area contributed by atoms with Crippen LogP contribution in [0.1, 0.15) is 111 Å². The summed E-state index contributed by atoms with van der Waals surface area (Å²) < 4.78 is 73.0. The fourth-order valence-electron chi connectivity index (χ4n) is 12.9. The number of esters is 2. The van der Waals surface area contributed by atoms with Gasteiger partial charge in [-0.05, 0) is 86.3 Å². The molecule has 10 heterocycles. The van der Waals surface area contributed by atoms with Crippen molar-refractivity contribution in [2.75, 3.05) is 13.7 Å². The van der Waals surface area contributed by atoms with Crippen LogP contribution in [0.15, 0.2) is 85.0 Å². The van der Waals surface area contributed by atoms with Crippen molar-refractivity contribution < 1.29 is 66.5 Å². The van der Waals surface area contributed by atoms with Gasteiger partial charge < -0.3 is 52.1 Å². The van der Waals surface area contributed by atoms with Crippen LogP contribution in [0.5, 0.6) is 0 Å². The van der Waals surface area contributed by atoms with Crippen LogP contribution in [0.3, 0.4) is 0 Å². The van der Waals surface area contributed by atoms with Crippen LogP contribution in [-0.4, -0.2) is 135 Å². The van der Waals surface area contributed by atoms with E-state index in [9.17, 15) is 14.4 Å². The van der Waals surface area contributed by atoms with Gasteiger partial charge in [-0.15, -0.1) is 0 Å². The minimum Gasteiger partial charge on any atom is -0.458 e. The number of hydrogen-bond acceptors (Lipinski definition) is 14. The zero-order valence-electron chi connectivity index (χ0n) is 39.2. The van der Waals surface area contributed by atoms with Crippen molar-refractivity contribution in [2.24, 2.45) is 11.8 Å². The van der Waals surface area contributed by atoms with Crippen molar-refractivity contribution in [3.8, 4) is 0 Å². The second kappa shape index (κ2) is 19.4. The number of rotatable bonds is 8. The Morgan fingerprint density at radius 3 is 2.16 bits per heavy atom. The molecule has 0 amide bonds. The first-order valence-electron chi connectivity index (χ1n) is 25.2. The van der Waals surface area contributed by atoms with Crippen molar-refractivity contribution >= 4 is 17.7 Å². The first-order valence-corrected chi connectivity index (χ1v) is 25.2. The zero-order chi connectivity index (χ0) is 46.7. The summed E-state index contributed by atoms with van der Waals surface area (Å²) in [6.45, 7) is 11.0. The van der Waals surface area contributed by atoms with Gasteiger partial charge in [0.25, 0.3) is 0 Å². The molecule has 1 spiro atoms. The van der Waals surface area contributed by atoms with Gasteiger partial charge in [0.1, 0.15) is 49.0 Å². The normalized spacial score (nSPS) is 42.5. The maximum atomic E-state index is 14.6. The summed E-state index contributed by atoms with van der Waals surface area (Å²) in [5.74, 6) is -2.09. The van der Waals surface area contributed by atoms with Crippen LogP contribution in [-0.2, 0) is 56.9 Å². The monoisotopic (exact) mass is 938 g/mol. The fraction of sp³-hybridized carbons (Fsp3) is 0.648. The number of ketones is 1. The average Bonchev–Trinajstić information content (AvgIpc) is 4.02. The summed E-state index contributed by atoms with van der Waals surface area (Å²) in [7, 11) is 1.62. The predicted molar refractivity (Wildman–Crippen MR) is 244 cm³/mol. The molecular weight excluding hydrogens is 873 g/mol. The molecule has 2 aromatic carbocycles. The summed E-state index contributed by atoms with van der Waals surface area (Å²) in [6.07, 6.45) is 2.39. The van der Waals surface area contributed by atoms with Gasteiger partial charge in [-0.25, -0.2) is 9.59 Å². The highest BCUT2D eigenvalue weighted by atomic mass is 16.8. The van der Waals surface area contributed by atoms with Crippen LogP contribution in [0.25, 0.3) is 0 Å². The molecule has 10 aliphatic heterocycles. The third kappa shape index (κ3) is 9.30. The highest BCUT2D eigenvalue weighted by Gasteiger charge is 2.69. The van der Waals surface area contributed by atoms with Gasteiger partial charge in [-0.1, -0.05) is 56.5 Å². The van der Waals surface area contributed by atoms with E-state index in [1.165, 1.54) is 0 Å². The molecule has 0 aromatic heterocycles. The zero-order valence-corrected chi connectivity index (χ0v) is 39.2. The molecule has 2 aromatic rings. The van der Waals surface area contributed by atoms with Gasteiger partial charge >= 0.3 is 11.9 Å². The third-order valence-corrected chi connectivity index (χ3v) is 16.4. The van der Waals surface area contributed by atoms with E-state index in [1.807, 2.05) is 12.1 Å². The van der Waals surface area contributed by atoms with E-state index in [1.54, 1.807) is 55.6 Å². The number of methoxy groups -OCH3 is 1. The van der Waals surface area contributed by atoms with Crippen LogP contribution >= 0.6 is 0 Å². The predicted octanol–water partition coefficient (Wildman–Crippen LogP) is 7.20. The maximum absolute atomic E-state index is 14.6. The van der Waals surface area contributed by atoms with Crippen molar-refractivity contribution in [1.29, 1.82) is 0 Å². The minimum atomic E-state index is -0.900. The Bertz CT molecular complexity index is 2180. The van der Waals surface area contributed by atoms with E-state index in [2.05, 4.69) is 20.1 Å². The number of carbonyl (C=O) groups excluding carboxylic acids is 3. The molecule has 0 radical (unpaired) electrons. The summed E-state index contributed by atoms with van der Waals surface area (Å²) in [4.78, 5) is 41.3. The molecule has 12 bridgehead atoms. The molecule has 19 atom stereocenters. The van der Waals surface area contributed by atoms with E-state index in [0.717, 1.165) is 49.7 Å². The fourth-order valence-corrected chi connectivity index (χ4v) is 12.9. The molecule has 366 valence electrons. The van der Waals surface area contributed by atoms with Gasteiger partial charge in [0.05, 0.1) is 72.2 Å². The minimum absolute atomic E-state index is 0.00377. The molecule has 10 saturated heterocycles. The Hall–Kier alpha value is -3.83. The molecule has 10 aliphatic rings. The lowest BCUT2D eigenvalue weighted by Crippen LogP contribution is -2.61. The molecule has 14 nitrogen and oxygen atoms in total. The number of ether oxygens (including phenoxy) is 11. The molecule has 10 fully saturated rings. The Labute approximate surface area is 398 Å². The Morgan fingerprint density at radius 2 is 1.38 bits per heavy atom. The first kappa shape index (κ1) is 46.5. The van der Waals surface area contributed by atoms with Crippen molar-refractivity contribution in [3.63, 3.8) is 0 Å². The van der Waals surface area contributed by atoms with Gasteiger partial charge in [0.15, 0.2) is 5.79 Å². The standard InChI is InChI=1S/C54H66O14/c1-29-21-35-15-17-40-30(2)22-37(60-40)19-20-54-27-45-48(67-54)49-50(66-45)51(68-54)47-41(65-49)18-16-36(62-47)23-34(55)24-39-43(26-42(61-35)31(29)3)64-44(46(39)58-4)25-38(63-53(57)33-13-9-6-10-14-33)28-59-52(56)32-11-7-5-8-12-32/h5-14,29,35-51H,2-3,15-28H2,1,4H3/t29?,35-,36+,37?,38-,39?,40-,41?,42+,43-,44?,45?,46+,47-,48?,49-,50+,51?,54-/m0/s1. The molecule has 68 heavy (non-hydrogen) atoms. The van der Waals surface area contributed by atoms with Gasteiger partial charge in [-0.2, -0.15) is 0 Å². The quantitative estimate of drug-likeness (QED) is 0.194. The molecule has 0 saturated carbocycles. The lowest BCUT2D eigenvalue weighted by Gasteiger charge is -2.47. The molecule has 0 N–H and O–H groups in total. The Balaban J connectivity index is 0.864. The highest BCUT2D eigenvalue weighted by Crippen LogP contribution is 2.54. The molecule has 12 rings (SSSR count). The van der Waals surface area contributed by atoms with Crippen molar-refractivity contribution in [2.45, 2.75) is 194 Å². The number of carbonyl (C=O) groups is 3. The van der Waals surface area contributed by atoms with E-state index >= 15 is 0 Å². The lowest BCUT2D eigenvalue weighted by atomic mass is 9.81. The van der Waals surface area contributed by atoms with Gasteiger partial charge in [-0.3, -0.25) is 4.79 Å². The Morgan fingerprint density at radius 1 is 0.691 bits per heavy atom. The van der Waals surface area contributed by atoms with Crippen LogP contribution in [0, 0.1) is 11.8 Å². The number of benzene rings is 2. The third-order valence-electron chi connectivity index (χ3n) is 16.4. The largest absolute Gasteiger partial charge is 0.458 e. The van der Waals surface area contributed by atoms with Crippen LogP contribution in [0.2, 0.25) is 0 Å². The average molecular weight is 939 g/mol. The smallest absolute Gasteiger partial charge is 0.338 e. The SMILES string of the molecule is C=C1CC2CC[C@@]34CC5O[C@H]6C(O3)[C@H]3O[C@H](CCC3O[C@H]6C5O4)CC(=O)CC3[C@@H](OC)C(C[C@@H](COC(=O)c4ccccc4)OC(=O)c4ccccc4)O[C@H]3C[C@H]3O[C@@H](CC[C@@H]1O2)CC(C)C3=C. The van der Waals surface area contributed by atoms with Crippen LogP contribution in [0.4, 0.5) is 0 Å². The number of fused-ring (bicyclic) bond motifs is 6. The highest BCUT2D eigenvalue weighted by molar-refractivity contribution is 5.90. The molecule has 0 aliphatic carbocycles. The van der Waals surface area contributed by atoms with Crippen LogP contribution < -0.4 is 0 Å². The second-order valence-corrected chi connectivity index (χ2v) is 20.9. The second-order valence-electron chi connectivity index (χ2n) is 20.9. The lowest BCUT2D eigenvalue weighted by molar-refractivity contribution is -0.292. The molecular formula is C54H66O14. The Kier molecular flexibility index (Phi) is 13.3. The first-order chi connectivity index (χ1) is 33.0. The maximum Gasteiger partial charge on any atom is 0.338 e. The van der Waals surface area contributed by atoms with E-state index in [4.69, 9.17) is 52.1 Å². The van der Waals surface area contributed by atoms with Gasteiger partial charge in [0.2, 0.25) is 0 Å².